The van der Waals surface area contributed by atoms with E-state index < -0.39 is 27.6 Å². The Hall–Kier alpha value is -2.92. The zero-order chi connectivity index (χ0) is 19.9. The summed E-state index contributed by atoms with van der Waals surface area (Å²) in [6.07, 6.45) is 4.70. The summed E-state index contributed by atoms with van der Waals surface area (Å²) in [7, 11) is -3.63. The summed E-state index contributed by atoms with van der Waals surface area (Å²) in [5.74, 6) is -1.94. The van der Waals surface area contributed by atoms with Gasteiger partial charge in [0.05, 0.1) is 17.0 Å². The number of anilines is 1. The Morgan fingerprint density at radius 2 is 2.11 bits per heavy atom. The molecule has 0 spiro atoms. The van der Waals surface area contributed by atoms with Crippen LogP contribution in [-0.4, -0.2) is 42.3 Å². The second-order valence-corrected chi connectivity index (χ2v) is 8.55. The molecule has 0 fully saturated rings. The molecular formula is C17H12F2N4O3S2. The number of hydrogen-bond donors (Lipinski definition) is 1. The van der Waals surface area contributed by atoms with Crippen LogP contribution in [0.1, 0.15) is 0 Å². The molecule has 144 valence electrons. The van der Waals surface area contributed by atoms with Crippen LogP contribution in [0.3, 0.4) is 0 Å². The molecule has 0 saturated heterocycles. The molecule has 2 aliphatic heterocycles. The van der Waals surface area contributed by atoms with Gasteiger partial charge in [0.25, 0.3) is 15.9 Å². The maximum absolute atomic E-state index is 13.9. The van der Waals surface area contributed by atoms with E-state index in [0.717, 1.165) is 29.5 Å². The van der Waals surface area contributed by atoms with E-state index in [1.165, 1.54) is 11.5 Å². The molecular weight excluding hydrogens is 410 g/mol. The van der Waals surface area contributed by atoms with Crippen molar-refractivity contribution >= 4 is 38.2 Å². The second kappa shape index (κ2) is 6.91. The first kappa shape index (κ1) is 18.4. The van der Waals surface area contributed by atoms with Crippen molar-refractivity contribution in [1.82, 2.24) is 9.88 Å². The Balaban J connectivity index is 1.59. The van der Waals surface area contributed by atoms with Gasteiger partial charge in [-0.25, -0.2) is 22.2 Å². The van der Waals surface area contributed by atoms with Crippen LogP contribution in [0.5, 0.6) is 0 Å². The minimum atomic E-state index is -3.63. The molecule has 0 aliphatic carbocycles. The fourth-order valence-electron chi connectivity index (χ4n) is 2.71. The number of fused-ring (bicyclic) bond motifs is 1. The fraction of sp³-hybridized carbons (Fsp3) is 0.118. The minimum absolute atomic E-state index is 0.0227. The first-order chi connectivity index (χ1) is 13.3. The van der Waals surface area contributed by atoms with Gasteiger partial charge in [-0.1, -0.05) is 0 Å². The molecule has 0 atom stereocenters. The summed E-state index contributed by atoms with van der Waals surface area (Å²) in [5.41, 5.74) is 0.221. The predicted molar refractivity (Wildman–Crippen MR) is 101 cm³/mol. The van der Waals surface area contributed by atoms with Gasteiger partial charge in [-0.15, -0.1) is 15.7 Å². The van der Waals surface area contributed by atoms with Crippen LogP contribution in [0, 0.1) is 11.6 Å². The van der Waals surface area contributed by atoms with Gasteiger partial charge in [0.1, 0.15) is 11.6 Å². The number of nitrogens with zero attached hydrogens (tertiary/aromatic N) is 3. The van der Waals surface area contributed by atoms with Crippen LogP contribution in [0.25, 0.3) is 11.3 Å². The Morgan fingerprint density at radius 1 is 1.29 bits per heavy atom. The number of aromatic nitrogens is 1. The minimum Gasteiger partial charge on any atom is -0.331 e. The average Bonchev–Trinajstić information content (AvgIpc) is 3.10. The molecule has 1 aromatic carbocycles. The number of sulfonamides is 1. The normalized spacial score (nSPS) is 17.6. The monoisotopic (exact) mass is 422 g/mol. The lowest BCUT2D eigenvalue weighted by Gasteiger charge is -2.28. The van der Waals surface area contributed by atoms with E-state index in [1.54, 1.807) is 17.2 Å². The summed E-state index contributed by atoms with van der Waals surface area (Å²) in [5, 5.41) is 4.19. The fourth-order valence-corrected chi connectivity index (χ4v) is 4.40. The third-order valence-corrected chi connectivity index (χ3v) is 5.94. The summed E-state index contributed by atoms with van der Waals surface area (Å²) in [6.45, 7) is 0.197. The number of nitrogens with one attached hydrogen (secondary N) is 1. The smallest absolute Gasteiger partial charge is 0.261 e. The van der Waals surface area contributed by atoms with Crippen molar-refractivity contribution in [1.29, 1.82) is 0 Å². The maximum atomic E-state index is 13.9. The molecule has 1 aromatic heterocycles. The number of amidine groups is 1. The molecule has 7 nitrogen and oxygen atoms in total. The maximum Gasteiger partial charge on any atom is 0.261 e. The van der Waals surface area contributed by atoms with Crippen LogP contribution in [0.2, 0.25) is 0 Å². The van der Waals surface area contributed by atoms with E-state index in [0.29, 0.717) is 0 Å². The third kappa shape index (κ3) is 3.58. The van der Waals surface area contributed by atoms with Crippen molar-refractivity contribution in [3.05, 3.63) is 59.1 Å². The molecule has 0 saturated carbocycles. The van der Waals surface area contributed by atoms with Crippen LogP contribution in [0.15, 0.2) is 51.9 Å². The number of amides is 1. The summed E-state index contributed by atoms with van der Waals surface area (Å²) in [6, 6.07) is 3.02. The van der Waals surface area contributed by atoms with Crippen LogP contribution >= 0.6 is 11.3 Å². The number of carbonyl (C=O) groups is 1. The lowest BCUT2D eigenvalue weighted by atomic mass is 10.1. The van der Waals surface area contributed by atoms with Crippen LogP contribution in [-0.2, 0) is 14.8 Å². The van der Waals surface area contributed by atoms with E-state index in [1.807, 2.05) is 0 Å². The topological polar surface area (TPSA) is 91.7 Å². The molecule has 28 heavy (non-hydrogen) atoms. The zero-order valence-corrected chi connectivity index (χ0v) is 15.7. The van der Waals surface area contributed by atoms with Gasteiger partial charge in [0.2, 0.25) is 0 Å². The molecule has 3 heterocycles. The highest BCUT2D eigenvalue weighted by atomic mass is 32.2. The van der Waals surface area contributed by atoms with Crippen molar-refractivity contribution in [3.8, 4) is 11.3 Å². The standard InChI is InChI=1S/C17H12F2N4O3S2/c18-10-3-4-13(19)12(8-10)14-9-27-17(20-14)21-16(24)11-2-1-5-23-6-7-28(25,26)22-15(11)23/h1-5,8-9H,6-7H2,(H,20,21,24). The highest BCUT2D eigenvalue weighted by Gasteiger charge is 2.30. The Bertz CT molecular complexity index is 1170. The molecule has 1 N–H and O–H groups in total. The van der Waals surface area contributed by atoms with E-state index in [2.05, 4.69) is 14.7 Å². The number of halogens is 2. The SMILES string of the molecule is O=C(Nc1nc(-c2cc(F)ccc2F)cs1)C1=CC=CN2CCS(=O)(=O)N=C12. The molecule has 0 radical (unpaired) electrons. The van der Waals surface area contributed by atoms with Gasteiger partial charge in [-0.2, -0.15) is 0 Å². The number of benzene rings is 1. The first-order valence-corrected chi connectivity index (χ1v) is 10.5. The number of hydrogen-bond acceptors (Lipinski definition) is 6. The van der Waals surface area contributed by atoms with Crippen molar-refractivity contribution in [2.24, 2.45) is 4.40 Å². The Morgan fingerprint density at radius 3 is 2.93 bits per heavy atom. The summed E-state index contributed by atoms with van der Waals surface area (Å²) >= 11 is 1.03. The quantitative estimate of drug-likeness (QED) is 0.821. The third-order valence-electron chi connectivity index (χ3n) is 4.03. The molecule has 2 aliphatic rings. The Kier molecular flexibility index (Phi) is 4.55. The van der Waals surface area contributed by atoms with Gasteiger partial charge >= 0.3 is 0 Å². The molecule has 2 aromatic rings. The average molecular weight is 422 g/mol. The van der Waals surface area contributed by atoms with Crippen molar-refractivity contribution in [2.75, 3.05) is 17.6 Å². The Labute approximate surface area is 162 Å². The second-order valence-electron chi connectivity index (χ2n) is 5.93. The van der Waals surface area contributed by atoms with Gasteiger partial charge in [-0.3, -0.25) is 10.1 Å². The molecule has 0 bridgehead atoms. The predicted octanol–water partition coefficient (Wildman–Crippen LogP) is 2.52. The summed E-state index contributed by atoms with van der Waals surface area (Å²) < 4.78 is 54.5. The van der Waals surface area contributed by atoms with Crippen LogP contribution in [0.4, 0.5) is 13.9 Å². The number of carbonyl (C=O) groups excluding carboxylic acids is 1. The van der Waals surface area contributed by atoms with E-state index in [9.17, 15) is 22.0 Å². The van der Waals surface area contributed by atoms with Crippen molar-refractivity contribution in [2.45, 2.75) is 0 Å². The van der Waals surface area contributed by atoms with Gasteiger partial charge in [0.15, 0.2) is 11.0 Å². The molecule has 0 unspecified atom stereocenters. The van der Waals surface area contributed by atoms with Gasteiger partial charge in [-0.05, 0) is 30.4 Å². The van der Waals surface area contributed by atoms with Gasteiger partial charge in [0, 0.05) is 23.7 Å². The molecule has 1 amide bonds. The summed E-state index contributed by atoms with van der Waals surface area (Å²) in [4.78, 5) is 18.3. The highest BCUT2D eigenvalue weighted by Crippen LogP contribution is 2.28. The van der Waals surface area contributed by atoms with Gasteiger partial charge < -0.3 is 4.90 Å². The molecule has 11 heteroatoms. The number of allylic oxidation sites excluding steroid dienone is 2. The highest BCUT2D eigenvalue weighted by molar-refractivity contribution is 7.90. The zero-order valence-electron chi connectivity index (χ0n) is 14.1. The molecule has 4 rings (SSSR count). The lowest BCUT2D eigenvalue weighted by molar-refractivity contribution is -0.112. The first-order valence-electron chi connectivity index (χ1n) is 8.03. The number of rotatable bonds is 3. The largest absolute Gasteiger partial charge is 0.331 e. The van der Waals surface area contributed by atoms with Crippen molar-refractivity contribution in [3.63, 3.8) is 0 Å². The number of thiazole rings is 1. The van der Waals surface area contributed by atoms with E-state index >= 15 is 0 Å². The van der Waals surface area contributed by atoms with Crippen LogP contribution < -0.4 is 5.32 Å². The van der Waals surface area contributed by atoms with E-state index in [-0.39, 0.29) is 40.1 Å². The lowest BCUT2D eigenvalue weighted by Crippen LogP contribution is -2.40. The van der Waals surface area contributed by atoms with E-state index in [4.69, 9.17) is 0 Å². The van der Waals surface area contributed by atoms with Crippen molar-refractivity contribution < 1.29 is 22.0 Å².